The van der Waals surface area contributed by atoms with Crippen LogP contribution in [0.3, 0.4) is 0 Å². The maximum Gasteiger partial charge on any atom is 0.125 e. The zero-order valence-electron chi connectivity index (χ0n) is 16.4. The summed E-state index contributed by atoms with van der Waals surface area (Å²) in [6.07, 6.45) is 10.5. The molecule has 0 amide bonds. The summed E-state index contributed by atoms with van der Waals surface area (Å²) in [5.74, 6) is 1.06. The van der Waals surface area contributed by atoms with Crippen LogP contribution >= 0.6 is 0 Å². The number of nitrogens with two attached hydrogens (primary N) is 1. The van der Waals surface area contributed by atoms with Crippen LogP contribution in [0.5, 0.6) is 0 Å². The Hall–Kier alpha value is -2.36. The van der Waals surface area contributed by atoms with E-state index in [0.717, 1.165) is 23.4 Å². The molecule has 0 aromatic heterocycles. The van der Waals surface area contributed by atoms with E-state index in [2.05, 4.69) is 42.9 Å². The molecule has 1 aliphatic carbocycles. The number of aryl methyl sites for hydroxylation is 1. The van der Waals surface area contributed by atoms with E-state index in [1.165, 1.54) is 49.4 Å². The van der Waals surface area contributed by atoms with Gasteiger partial charge in [-0.1, -0.05) is 32.8 Å². The third kappa shape index (κ3) is 5.32. The SMILES string of the molecule is C=C(/C=C(/N)N=C(C)CC)Nc1cc(C2CCCCC2)c(C)cc1C=N. The Morgan fingerprint density at radius 2 is 2.04 bits per heavy atom. The lowest BCUT2D eigenvalue weighted by molar-refractivity contribution is 0.442. The summed E-state index contributed by atoms with van der Waals surface area (Å²) >= 11 is 0. The van der Waals surface area contributed by atoms with E-state index in [1.54, 1.807) is 6.08 Å². The van der Waals surface area contributed by atoms with E-state index >= 15 is 0 Å². The van der Waals surface area contributed by atoms with E-state index < -0.39 is 0 Å². The average molecular weight is 353 g/mol. The van der Waals surface area contributed by atoms with Crippen LogP contribution < -0.4 is 11.1 Å². The number of aliphatic imine (C=N–C) groups is 1. The maximum absolute atomic E-state index is 7.74. The molecule has 4 heteroatoms. The zero-order valence-corrected chi connectivity index (χ0v) is 16.4. The molecule has 0 bridgehead atoms. The first-order valence-electron chi connectivity index (χ1n) is 9.56. The predicted octanol–water partition coefficient (Wildman–Crippen LogP) is 5.64. The van der Waals surface area contributed by atoms with Gasteiger partial charge in [-0.05, 0) is 62.3 Å². The lowest BCUT2D eigenvalue weighted by Crippen LogP contribution is -2.09. The van der Waals surface area contributed by atoms with Crippen LogP contribution in [0.2, 0.25) is 0 Å². The topological polar surface area (TPSA) is 74.3 Å². The number of hydrogen-bond donors (Lipinski definition) is 3. The first-order chi connectivity index (χ1) is 12.4. The predicted molar refractivity (Wildman–Crippen MR) is 113 cm³/mol. The highest BCUT2D eigenvalue weighted by atomic mass is 14.9. The number of rotatable bonds is 7. The summed E-state index contributed by atoms with van der Waals surface area (Å²) in [4.78, 5) is 4.33. The van der Waals surface area contributed by atoms with E-state index in [4.69, 9.17) is 11.1 Å². The summed E-state index contributed by atoms with van der Waals surface area (Å²) < 4.78 is 0. The third-order valence-electron chi connectivity index (χ3n) is 5.09. The minimum absolute atomic E-state index is 0.442. The van der Waals surface area contributed by atoms with Gasteiger partial charge in [0.05, 0.1) is 0 Å². The minimum atomic E-state index is 0.442. The normalized spacial score (nSPS) is 16.4. The van der Waals surface area contributed by atoms with Crippen molar-refractivity contribution in [2.45, 2.75) is 65.2 Å². The zero-order chi connectivity index (χ0) is 19.1. The molecule has 0 saturated heterocycles. The van der Waals surface area contributed by atoms with E-state index in [-0.39, 0.29) is 0 Å². The number of anilines is 1. The molecule has 1 aliphatic rings. The molecular weight excluding hydrogens is 320 g/mol. The van der Waals surface area contributed by atoms with Crippen LogP contribution in [0.4, 0.5) is 5.69 Å². The van der Waals surface area contributed by atoms with Crippen molar-refractivity contribution in [1.29, 1.82) is 5.41 Å². The van der Waals surface area contributed by atoms with Crippen LogP contribution in [0.1, 0.15) is 75.0 Å². The van der Waals surface area contributed by atoms with E-state index in [9.17, 15) is 0 Å². The lowest BCUT2D eigenvalue weighted by Gasteiger charge is -2.25. The van der Waals surface area contributed by atoms with E-state index in [1.807, 2.05) is 6.92 Å². The summed E-state index contributed by atoms with van der Waals surface area (Å²) in [5.41, 5.74) is 12.1. The second-order valence-corrected chi connectivity index (χ2v) is 7.20. The van der Waals surface area contributed by atoms with Gasteiger partial charge in [0.2, 0.25) is 0 Å². The van der Waals surface area contributed by atoms with Gasteiger partial charge in [0.25, 0.3) is 0 Å². The Labute approximate surface area is 157 Å². The molecule has 1 fully saturated rings. The Balaban J connectivity index is 2.25. The number of nitrogens with zero attached hydrogens (tertiary/aromatic N) is 1. The van der Waals surface area contributed by atoms with Gasteiger partial charge in [0.1, 0.15) is 5.82 Å². The molecule has 0 spiro atoms. The van der Waals surface area contributed by atoms with Gasteiger partial charge in [0.15, 0.2) is 0 Å². The smallest absolute Gasteiger partial charge is 0.125 e. The van der Waals surface area contributed by atoms with Crippen molar-refractivity contribution in [3.63, 3.8) is 0 Å². The second kappa shape index (κ2) is 9.37. The average Bonchev–Trinajstić information content (AvgIpc) is 2.63. The van der Waals surface area contributed by atoms with Gasteiger partial charge >= 0.3 is 0 Å². The van der Waals surface area contributed by atoms with Gasteiger partial charge in [-0.3, -0.25) is 0 Å². The Kier molecular flexibility index (Phi) is 7.19. The molecule has 0 atom stereocenters. The molecule has 1 aromatic carbocycles. The Bertz CT molecular complexity index is 722. The van der Waals surface area contributed by atoms with Gasteiger partial charge in [-0.25, -0.2) is 4.99 Å². The van der Waals surface area contributed by atoms with Crippen molar-refractivity contribution < 1.29 is 0 Å². The Morgan fingerprint density at radius 3 is 2.65 bits per heavy atom. The lowest BCUT2D eigenvalue weighted by atomic mass is 9.81. The molecule has 1 aromatic rings. The first-order valence-corrected chi connectivity index (χ1v) is 9.56. The molecule has 4 nitrogen and oxygen atoms in total. The van der Waals surface area contributed by atoms with Crippen LogP contribution in [-0.2, 0) is 0 Å². The highest BCUT2D eigenvalue weighted by molar-refractivity contribution is 5.87. The van der Waals surface area contributed by atoms with Crippen molar-refractivity contribution in [3.8, 4) is 0 Å². The van der Waals surface area contributed by atoms with Crippen molar-refractivity contribution in [2.24, 2.45) is 10.7 Å². The summed E-state index contributed by atoms with van der Waals surface area (Å²) in [5, 5.41) is 11.1. The molecule has 0 heterocycles. The first kappa shape index (κ1) is 20.0. The minimum Gasteiger partial charge on any atom is -0.384 e. The van der Waals surface area contributed by atoms with Crippen molar-refractivity contribution in [2.75, 3.05) is 5.32 Å². The van der Waals surface area contributed by atoms with E-state index in [0.29, 0.717) is 17.4 Å². The van der Waals surface area contributed by atoms with Gasteiger partial charge in [0, 0.05) is 35.0 Å². The quantitative estimate of drug-likeness (QED) is 0.439. The number of hydrogen-bond acceptors (Lipinski definition) is 4. The fourth-order valence-corrected chi connectivity index (χ4v) is 3.55. The third-order valence-corrected chi connectivity index (χ3v) is 5.09. The van der Waals surface area contributed by atoms with Crippen molar-refractivity contribution >= 4 is 17.6 Å². The molecule has 1 saturated carbocycles. The van der Waals surface area contributed by atoms with Crippen LogP contribution in [-0.4, -0.2) is 11.9 Å². The van der Waals surface area contributed by atoms with Crippen LogP contribution in [0.15, 0.2) is 41.3 Å². The molecular formula is C22H32N4. The monoisotopic (exact) mass is 352 g/mol. The summed E-state index contributed by atoms with van der Waals surface area (Å²) in [6.45, 7) is 10.2. The van der Waals surface area contributed by atoms with Crippen molar-refractivity contribution in [1.82, 2.24) is 0 Å². The summed E-state index contributed by atoms with van der Waals surface area (Å²) in [7, 11) is 0. The molecule has 0 radical (unpaired) electrons. The second-order valence-electron chi connectivity index (χ2n) is 7.20. The van der Waals surface area contributed by atoms with Crippen molar-refractivity contribution in [3.05, 3.63) is 53.0 Å². The number of nitrogens with one attached hydrogen (secondary N) is 2. The summed E-state index contributed by atoms with van der Waals surface area (Å²) in [6, 6.07) is 4.29. The highest BCUT2D eigenvalue weighted by Crippen LogP contribution is 2.36. The molecule has 4 N–H and O–H groups in total. The molecule has 0 aliphatic heterocycles. The van der Waals surface area contributed by atoms with Crippen LogP contribution in [0, 0.1) is 12.3 Å². The Morgan fingerprint density at radius 1 is 1.35 bits per heavy atom. The fourth-order valence-electron chi connectivity index (χ4n) is 3.55. The molecule has 2 rings (SSSR count). The van der Waals surface area contributed by atoms with Gasteiger partial charge in [-0.2, -0.15) is 0 Å². The standard InChI is InChI=1S/C22H32N4/c1-5-16(3)26-22(24)12-17(4)25-21-13-20(15(2)11-19(21)14-23)18-9-7-6-8-10-18/h11-14,18,23,25H,4-10,24H2,1-3H3/b22-12-,23-14?,26-16?. The highest BCUT2D eigenvalue weighted by Gasteiger charge is 2.19. The van der Waals surface area contributed by atoms with Gasteiger partial charge < -0.3 is 16.5 Å². The molecule has 0 unspecified atom stereocenters. The van der Waals surface area contributed by atoms with Crippen LogP contribution in [0.25, 0.3) is 0 Å². The maximum atomic E-state index is 7.74. The number of allylic oxidation sites excluding steroid dienone is 1. The molecule has 26 heavy (non-hydrogen) atoms. The largest absolute Gasteiger partial charge is 0.384 e. The fraction of sp³-hybridized carbons (Fsp3) is 0.455. The molecule has 140 valence electrons. The van der Waals surface area contributed by atoms with Gasteiger partial charge in [-0.15, -0.1) is 0 Å². The number of benzene rings is 1.